The lowest BCUT2D eigenvalue weighted by Crippen LogP contribution is -2.24. The van der Waals surface area contributed by atoms with Crippen molar-refractivity contribution in [2.45, 2.75) is 38.5 Å². The van der Waals surface area contributed by atoms with E-state index in [1.54, 1.807) is 0 Å². The molecular formula is C16H23ClN4O4. The SMILES string of the molecule is NC(N)=NOC(=O)CCCCCCCNC(=O)c1cc(Cl)ccc1O. The van der Waals surface area contributed by atoms with Gasteiger partial charge in [0.25, 0.3) is 5.91 Å². The number of nitrogens with one attached hydrogen (secondary N) is 1. The van der Waals surface area contributed by atoms with Crippen LogP contribution in [0, 0.1) is 0 Å². The lowest BCUT2D eigenvalue weighted by atomic mass is 10.1. The first-order valence-electron chi connectivity index (χ1n) is 7.95. The molecule has 1 amide bonds. The van der Waals surface area contributed by atoms with Crippen molar-refractivity contribution >= 4 is 29.4 Å². The number of hydrogen-bond donors (Lipinski definition) is 4. The third-order valence-corrected chi connectivity index (χ3v) is 3.53. The molecule has 25 heavy (non-hydrogen) atoms. The summed E-state index contributed by atoms with van der Waals surface area (Å²) in [6.07, 6.45) is 4.42. The number of halogens is 1. The Morgan fingerprint density at radius 3 is 2.56 bits per heavy atom. The summed E-state index contributed by atoms with van der Waals surface area (Å²) in [4.78, 5) is 27.6. The maximum absolute atomic E-state index is 11.9. The quantitative estimate of drug-likeness (QED) is 0.163. The molecule has 138 valence electrons. The van der Waals surface area contributed by atoms with Gasteiger partial charge in [0.15, 0.2) is 0 Å². The van der Waals surface area contributed by atoms with Gasteiger partial charge in [-0.1, -0.05) is 30.9 Å². The summed E-state index contributed by atoms with van der Waals surface area (Å²) in [6, 6.07) is 4.32. The van der Waals surface area contributed by atoms with Crippen molar-refractivity contribution < 1.29 is 19.5 Å². The fourth-order valence-electron chi connectivity index (χ4n) is 2.06. The van der Waals surface area contributed by atoms with Crippen molar-refractivity contribution in [1.29, 1.82) is 0 Å². The van der Waals surface area contributed by atoms with E-state index in [0.29, 0.717) is 18.0 Å². The Kier molecular flexibility index (Phi) is 9.16. The molecule has 0 aliphatic rings. The van der Waals surface area contributed by atoms with Crippen molar-refractivity contribution in [3.8, 4) is 5.75 Å². The minimum atomic E-state index is -0.470. The summed E-state index contributed by atoms with van der Waals surface area (Å²) in [7, 11) is 0. The Hall–Kier alpha value is -2.48. The van der Waals surface area contributed by atoms with Gasteiger partial charge in [-0.15, -0.1) is 0 Å². The molecular weight excluding hydrogens is 348 g/mol. The highest BCUT2D eigenvalue weighted by Crippen LogP contribution is 2.21. The number of phenolic OH excluding ortho intramolecular Hbond substituents is 1. The van der Waals surface area contributed by atoms with E-state index in [9.17, 15) is 14.7 Å². The van der Waals surface area contributed by atoms with E-state index >= 15 is 0 Å². The summed E-state index contributed by atoms with van der Waals surface area (Å²) in [5, 5.41) is 15.9. The molecule has 1 aromatic carbocycles. The fraction of sp³-hybridized carbons (Fsp3) is 0.438. The predicted octanol–water partition coefficient (Wildman–Crippen LogP) is 1.85. The van der Waals surface area contributed by atoms with Crippen LogP contribution in [0.15, 0.2) is 23.4 Å². The van der Waals surface area contributed by atoms with E-state index in [1.165, 1.54) is 18.2 Å². The maximum Gasteiger partial charge on any atom is 0.335 e. The van der Waals surface area contributed by atoms with Gasteiger partial charge in [0.05, 0.1) is 5.56 Å². The molecule has 0 saturated carbocycles. The van der Waals surface area contributed by atoms with Gasteiger partial charge in [-0.25, -0.2) is 4.79 Å². The zero-order valence-corrected chi connectivity index (χ0v) is 14.6. The molecule has 0 heterocycles. The molecule has 0 bridgehead atoms. The predicted molar refractivity (Wildman–Crippen MR) is 95.1 cm³/mol. The number of phenols is 1. The van der Waals surface area contributed by atoms with Crippen molar-refractivity contribution in [3.05, 3.63) is 28.8 Å². The van der Waals surface area contributed by atoms with E-state index in [0.717, 1.165) is 25.7 Å². The summed E-state index contributed by atoms with van der Waals surface area (Å²) in [5.74, 6) is -1.22. The average molecular weight is 371 g/mol. The molecule has 0 aliphatic carbocycles. The molecule has 0 unspecified atom stereocenters. The van der Waals surface area contributed by atoms with E-state index in [1.807, 2.05) is 0 Å². The molecule has 0 spiro atoms. The van der Waals surface area contributed by atoms with Gasteiger partial charge in [0.1, 0.15) is 5.75 Å². The number of benzene rings is 1. The second-order valence-electron chi connectivity index (χ2n) is 5.41. The van der Waals surface area contributed by atoms with Gasteiger partial charge in [-0.05, 0) is 36.2 Å². The monoisotopic (exact) mass is 370 g/mol. The van der Waals surface area contributed by atoms with Crippen LogP contribution in [-0.4, -0.2) is 29.5 Å². The standard InChI is InChI=1S/C16H23ClN4O4/c17-11-7-8-13(22)12(10-11)15(24)20-9-5-3-1-2-4-6-14(23)25-21-16(18)19/h7-8,10,22H,1-6,9H2,(H,20,24)(H4,18,19,21). The molecule has 0 saturated heterocycles. The Balaban J connectivity index is 2.09. The fourth-order valence-corrected chi connectivity index (χ4v) is 2.23. The molecule has 0 atom stereocenters. The second-order valence-corrected chi connectivity index (χ2v) is 5.85. The van der Waals surface area contributed by atoms with Crippen LogP contribution < -0.4 is 16.8 Å². The van der Waals surface area contributed by atoms with E-state index < -0.39 is 5.97 Å². The van der Waals surface area contributed by atoms with Crippen LogP contribution in [0.25, 0.3) is 0 Å². The van der Waals surface area contributed by atoms with Crippen LogP contribution in [0.3, 0.4) is 0 Å². The number of carbonyl (C=O) groups excluding carboxylic acids is 2. The molecule has 0 radical (unpaired) electrons. The first kappa shape index (κ1) is 20.6. The number of rotatable bonds is 10. The first-order valence-corrected chi connectivity index (χ1v) is 8.33. The number of oxime groups is 1. The summed E-state index contributed by atoms with van der Waals surface area (Å²) >= 11 is 5.81. The Morgan fingerprint density at radius 1 is 1.16 bits per heavy atom. The van der Waals surface area contributed by atoms with E-state index in [4.69, 9.17) is 23.1 Å². The Morgan fingerprint density at radius 2 is 1.84 bits per heavy atom. The highest BCUT2D eigenvalue weighted by molar-refractivity contribution is 6.31. The highest BCUT2D eigenvalue weighted by atomic mass is 35.5. The Labute approximate surface area is 151 Å². The van der Waals surface area contributed by atoms with Crippen molar-refractivity contribution in [2.75, 3.05) is 6.54 Å². The van der Waals surface area contributed by atoms with E-state index in [-0.39, 0.29) is 29.6 Å². The maximum atomic E-state index is 11.9. The Bertz CT molecular complexity index is 618. The van der Waals surface area contributed by atoms with Crippen molar-refractivity contribution in [3.63, 3.8) is 0 Å². The molecule has 0 aliphatic heterocycles. The van der Waals surface area contributed by atoms with Gasteiger partial charge in [-0.3, -0.25) is 4.79 Å². The van der Waals surface area contributed by atoms with Crippen LogP contribution in [0.5, 0.6) is 5.75 Å². The number of unbranched alkanes of at least 4 members (excludes halogenated alkanes) is 4. The van der Waals surface area contributed by atoms with Gasteiger partial charge in [0.2, 0.25) is 5.96 Å². The van der Waals surface area contributed by atoms with Crippen molar-refractivity contribution in [1.82, 2.24) is 5.32 Å². The third-order valence-electron chi connectivity index (χ3n) is 3.30. The number of nitrogens with zero attached hydrogens (tertiary/aromatic N) is 1. The molecule has 9 heteroatoms. The molecule has 1 aromatic rings. The van der Waals surface area contributed by atoms with Crippen LogP contribution in [0.4, 0.5) is 0 Å². The molecule has 8 nitrogen and oxygen atoms in total. The normalized spacial score (nSPS) is 10.1. The van der Waals surface area contributed by atoms with Crippen molar-refractivity contribution in [2.24, 2.45) is 16.6 Å². The number of nitrogens with two attached hydrogens (primary N) is 2. The molecule has 0 aromatic heterocycles. The third kappa shape index (κ3) is 8.80. The van der Waals surface area contributed by atoms with Crippen LogP contribution in [-0.2, 0) is 9.63 Å². The topological polar surface area (TPSA) is 140 Å². The first-order chi connectivity index (χ1) is 11.9. The molecule has 1 rings (SSSR count). The lowest BCUT2D eigenvalue weighted by Gasteiger charge is -2.07. The van der Waals surface area contributed by atoms with Crippen LogP contribution in [0.1, 0.15) is 48.9 Å². The van der Waals surface area contributed by atoms with E-state index in [2.05, 4.69) is 15.3 Å². The van der Waals surface area contributed by atoms with Crippen LogP contribution in [0.2, 0.25) is 5.02 Å². The minimum Gasteiger partial charge on any atom is -0.507 e. The highest BCUT2D eigenvalue weighted by Gasteiger charge is 2.10. The smallest absolute Gasteiger partial charge is 0.335 e. The largest absolute Gasteiger partial charge is 0.507 e. The number of hydrogen-bond acceptors (Lipinski definition) is 5. The minimum absolute atomic E-state index is 0.102. The van der Waals surface area contributed by atoms with Gasteiger partial charge in [0, 0.05) is 18.0 Å². The summed E-state index contributed by atoms with van der Waals surface area (Å²) in [5.41, 5.74) is 10.2. The summed E-state index contributed by atoms with van der Waals surface area (Å²) in [6.45, 7) is 0.497. The van der Waals surface area contributed by atoms with Gasteiger partial charge >= 0.3 is 5.97 Å². The van der Waals surface area contributed by atoms with Crippen LogP contribution >= 0.6 is 11.6 Å². The number of aromatic hydroxyl groups is 1. The second kappa shape index (κ2) is 11.1. The number of amides is 1. The summed E-state index contributed by atoms with van der Waals surface area (Å²) < 4.78 is 0. The average Bonchev–Trinajstić information content (AvgIpc) is 2.57. The zero-order valence-electron chi connectivity index (χ0n) is 13.8. The van der Waals surface area contributed by atoms with Gasteiger partial charge in [-0.2, -0.15) is 0 Å². The molecule has 0 fully saturated rings. The number of carbonyl (C=O) groups is 2. The molecule has 6 N–H and O–H groups in total. The van der Waals surface area contributed by atoms with Gasteiger partial charge < -0.3 is 26.7 Å². The zero-order chi connectivity index (χ0) is 18.7. The lowest BCUT2D eigenvalue weighted by molar-refractivity contribution is -0.143. The number of guanidine groups is 1.